The van der Waals surface area contributed by atoms with Crippen molar-refractivity contribution in [2.75, 3.05) is 0 Å². The van der Waals surface area contributed by atoms with Crippen molar-refractivity contribution in [3.05, 3.63) is 29.1 Å². The van der Waals surface area contributed by atoms with E-state index >= 15 is 0 Å². The van der Waals surface area contributed by atoms with E-state index in [4.69, 9.17) is 0 Å². The molecule has 0 amide bonds. The van der Waals surface area contributed by atoms with Crippen LogP contribution in [0.15, 0.2) is 12.1 Å². The van der Waals surface area contributed by atoms with Crippen molar-refractivity contribution in [2.45, 2.75) is 52.4 Å². The molecule has 1 aromatic rings. The van der Waals surface area contributed by atoms with Gasteiger partial charge < -0.3 is 5.11 Å². The van der Waals surface area contributed by atoms with Gasteiger partial charge in [-0.2, -0.15) is 0 Å². The zero-order chi connectivity index (χ0) is 12.0. The summed E-state index contributed by atoms with van der Waals surface area (Å²) in [5, 5.41) is 9.61. The van der Waals surface area contributed by atoms with Crippen molar-refractivity contribution < 1.29 is 9.50 Å². The Morgan fingerprint density at radius 1 is 1.12 bits per heavy atom. The Morgan fingerprint density at radius 3 is 2.50 bits per heavy atom. The van der Waals surface area contributed by atoms with Gasteiger partial charge in [0.25, 0.3) is 0 Å². The van der Waals surface area contributed by atoms with Crippen LogP contribution in [0.1, 0.15) is 50.2 Å². The maximum atomic E-state index is 13.1. The second-order valence-corrected chi connectivity index (χ2v) is 4.36. The number of halogens is 1. The average Bonchev–Trinajstić information content (AvgIpc) is 2.28. The maximum Gasteiger partial charge on any atom is 0.165 e. The summed E-state index contributed by atoms with van der Waals surface area (Å²) in [4.78, 5) is 0. The number of phenols is 1. The molecule has 0 aliphatic carbocycles. The number of hydrogen-bond donors (Lipinski definition) is 1. The second-order valence-electron chi connectivity index (χ2n) is 4.36. The highest BCUT2D eigenvalue weighted by molar-refractivity contribution is 5.39. The number of aryl methyl sites for hydroxylation is 1. The molecule has 0 bridgehead atoms. The minimum Gasteiger partial charge on any atom is -0.505 e. The molecular weight excluding hydrogens is 203 g/mol. The van der Waals surface area contributed by atoms with Crippen LogP contribution in [0.5, 0.6) is 5.75 Å². The van der Waals surface area contributed by atoms with Crippen LogP contribution in [0.4, 0.5) is 4.39 Å². The molecule has 1 rings (SSSR count). The molecule has 0 aliphatic heterocycles. The number of benzene rings is 1. The van der Waals surface area contributed by atoms with Gasteiger partial charge in [-0.15, -0.1) is 0 Å². The monoisotopic (exact) mass is 224 g/mol. The molecule has 16 heavy (non-hydrogen) atoms. The van der Waals surface area contributed by atoms with Crippen molar-refractivity contribution >= 4 is 0 Å². The number of rotatable bonds is 6. The standard InChI is InChI=1S/C14H21FO/c1-3-4-5-6-7-8-12-11(2)9-10-13(15)14(12)16/h9-10,16H,3-8H2,1-2H3. The molecule has 0 aromatic heterocycles. The van der Waals surface area contributed by atoms with Crippen LogP contribution < -0.4 is 0 Å². The third-order valence-electron chi connectivity index (χ3n) is 3.00. The zero-order valence-corrected chi connectivity index (χ0v) is 10.2. The van der Waals surface area contributed by atoms with Gasteiger partial charge in [0, 0.05) is 0 Å². The van der Waals surface area contributed by atoms with Crippen LogP contribution in [-0.4, -0.2) is 5.11 Å². The number of unbranched alkanes of at least 4 members (excludes halogenated alkanes) is 4. The Labute approximate surface area is 97.3 Å². The quantitative estimate of drug-likeness (QED) is 0.712. The van der Waals surface area contributed by atoms with E-state index in [-0.39, 0.29) is 5.75 Å². The summed E-state index contributed by atoms with van der Waals surface area (Å²) in [5.74, 6) is -0.662. The summed E-state index contributed by atoms with van der Waals surface area (Å²) in [7, 11) is 0. The molecule has 0 aliphatic rings. The van der Waals surface area contributed by atoms with Crippen molar-refractivity contribution in [2.24, 2.45) is 0 Å². The number of aromatic hydroxyl groups is 1. The van der Waals surface area contributed by atoms with Gasteiger partial charge >= 0.3 is 0 Å². The Kier molecular flexibility index (Phi) is 5.30. The van der Waals surface area contributed by atoms with Crippen LogP contribution in [0.25, 0.3) is 0 Å². The maximum absolute atomic E-state index is 13.1. The lowest BCUT2D eigenvalue weighted by Gasteiger charge is -2.08. The average molecular weight is 224 g/mol. The molecular formula is C14H21FO. The lowest BCUT2D eigenvalue weighted by atomic mass is 10.0. The minimum atomic E-state index is -0.505. The number of phenolic OH excluding ortho intramolecular Hbond substituents is 1. The Morgan fingerprint density at radius 2 is 1.81 bits per heavy atom. The lowest BCUT2D eigenvalue weighted by molar-refractivity contribution is 0.423. The molecule has 0 heterocycles. The van der Waals surface area contributed by atoms with E-state index in [9.17, 15) is 9.50 Å². The molecule has 0 atom stereocenters. The molecule has 0 radical (unpaired) electrons. The predicted octanol–water partition coefficient (Wildman–Crippen LogP) is 4.35. The predicted molar refractivity (Wildman–Crippen MR) is 65.3 cm³/mol. The normalized spacial score (nSPS) is 10.7. The highest BCUT2D eigenvalue weighted by Gasteiger charge is 2.09. The molecule has 90 valence electrons. The van der Waals surface area contributed by atoms with Crippen molar-refractivity contribution in [3.63, 3.8) is 0 Å². The largest absolute Gasteiger partial charge is 0.505 e. The fourth-order valence-electron chi connectivity index (χ4n) is 1.93. The van der Waals surface area contributed by atoms with E-state index in [0.717, 1.165) is 30.4 Å². The van der Waals surface area contributed by atoms with E-state index in [1.54, 1.807) is 6.07 Å². The van der Waals surface area contributed by atoms with Gasteiger partial charge in [0.15, 0.2) is 11.6 Å². The van der Waals surface area contributed by atoms with Crippen LogP contribution in [0.3, 0.4) is 0 Å². The van der Waals surface area contributed by atoms with Crippen LogP contribution >= 0.6 is 0 Å². The van der Waals surface area contributed by atoms with E-state index < -0.39 is 5.82 Å². The summed E-state index contributed by atoms with van der Waals surface area (Å²) in [5.41, 5.74) is 1.76. The second kappa shape index (κ2) is 6.51. The number of hydrogen-bond acceptors (Lipinski definition) is 1. The Hall–Kier alpha value is -1.05. The highest BCUT2D eigenvalue weighted by atomic mass is 19.1. The Balaban J connectivity index is 2.50. The van der Waals surface area contributed by atoms with E-state index in [2.05, 4.69) is 6.92 Å². The molecule has 1 N–H and O–H groups in total. The third kappa shape index (κ3) is 3.51. The molecule has 0 fully saturated rings. The van der Waals surface area contributed by atoms with E-state index in [1.165, 1.54) is 25.3 Å². The summed E-state index contributed by atoms with van der Waals surface area (Å²) < 4.78 is 13.1. The lowest BCUT2D eigenvalue weighted by Crippen LogP contribution is -1.93. The summed E-state index contributed by atoms with van der Waals surface area (Å²) >= 11 is 0. The molecule has 1 aromatic carbocycles. The van der Waals surface area contributed by atoms with Gasteiger partial charge in [0.2, 0.25) is 0 Å². The first-order valence-electron chi connectivity index (χ1n) is 6.13. The summed E-state index contributed by atoms with van der Waals surface area (Å²) in [6.45, 7) is 4.10. The first-order chi connectivity index (χ1) is 7.66. The summed E-state index contributed by atoms with van der Waals surface area (Å²) in [6, 6.07) is 3.06. The third-order valence-corrected chi connectivity index (χ3v) is 3.00. The Bertz CT molecular complexity index is 334. The molecule has 0 spiro atoms. The van der Waals surface area contributed by atoms with Crippen molar-refractivity contribution in [1.29, 1.82) is 0 Å². The molecule has 0 saturated heterocycles. The SMILES string of the molecule is CCCCCCCc1c(C)ccc(F)c1O. The molecule has 0 saturated carbocycles. The zero-order valence-electron chi connectivity index (χ0n) is 10.2. The molecule has 1 nitrogen and oxygen atoms in total. The van der Waals surface area contributed by atoms with Gasteiger partial charge in [-0.05, 0) is 37.0 Å². The first-order valence-corrected chi connectivity index (χ1v) is 6.13. The highest BCUT2D eigenvalue weighted by Crippen LogP contribution is 2.26. The van der Waals surface area contributed by atoms with Crippen LogP contribution in [-0.2, 0) is 6.42 Å². The first kappa shape index (κ1) is 13.0. The van der Waals surface area contributed by atoms with Crippen LogP contribution in [0.2, 0.25) is 0 Å². The fraction of sp³-hybridized carbons (Fsp3) is 0.571. The minimum absolute atomic E-state index is 0.157. The topological polar surface area (TPSA) is 20.2 Å². The van der Waals surface area contributed by atoms with E-state index in [0.29, 0.717) is 0 Å². The van der Waals surface area contributed by atoms with Gasteiger partial charge in [0.05, 0.1) is 0 Å². The summed E-state index contributed by atoms with van der Waals surface area (Å²) in [6.07, 6.45) is 6.67. The smallest absolute Gasteiger partial charge is 0.165 e. The molecule has 2 heteroatoms. The van der Waals surface area contributed by atoms with Gasteiger partial charge in [-0.25, -0.2) is 4.39 Å². The van der Waals surface area contributed by atoms with Crippen molar-refractivity contribution in [1.82, 2.24) is 0 Å². The van der Waals surface area contributed by atoms with Crippen molar-refractivity contribution in [3.8, 4) is 5.75 Å². The fourth-order valence-corrected chi connectivity index (χ4v) is 1.93. The van der Waals surface area contributed by atoms with Crippen LogP contribution in [0, 0.1) is 12.7 Å². The molecule has 0 unspecified atom stereocenters. The van der Waals surface area contributed by atoms with Gasteiger partial charge in [-0.1, -0.05) is 38.7 Å². The van der Waals surface area contributed by atoms with Gasteiger partial charge in [-0.3, -0.25) is 0 Å². The van der Waals surface area contributed by atoms with Gasteiger partial charge in [0.1, 0.15) is 0 Å². The van der Waals surface area contributed by atoms with E-state index in [1.807, 2.05) is 6.92 Å².